The molecule has 0 bridgehead atoms. The van der Waals surface area contributed by atoms with E-state index in [-0.39, 0.29) is 5.91 Å². The monoisotopic (exact) mass is 467 g/mol. The van der Waals surface area contributed by atoms with E-state index in [1.807, 2.05) is 54.6 Å². The third-order valence-electron chi connectivity index (χ3n) is 5.09. The molecule has 8 heteroatoms. The molecule has 0 saturated heterocycles. The minimum atomic E-state index is -0.209. The first-order valence-corrected chi connectivity index (χ1v) is 11.1. The molecule has 6 nitrogen and oxygen atoms in total. The number of methoxy groups -OCH3 is 2. The molecule has 0 radical (unpaired) electrons. The number of rotatable bonds is 7. The second-order valence-corrected chi connectivity index (χ2v) is 8.53. The first-order chi connectivity index (χ1) is 15.5. The van der Waals surface area contributed by atoms with Crippen LogP contribution in [0, 0.1) is 0 Å². The van der Waals surface area contributed by atoms with Gasteiger partial charge >= 0.3 is 0 Å². The first-order valence-electron chi connectivity index (χ1n) is 9.94. The number of amides is 1. The van der Waals surface area contributed by atoms with Crippen molar-refractivity contribution in [3.05, 3.63) is 70.1 Å². The number of aromatic nitrogens is 1. The molecule has 2 aromatic heterocycles. The van der Waals surface area contributed by atoms with E-state index in [2.05, 4.69) is 5.32 Å². The average Bonchev–Trinajstić information content (AvgIpc) is 3.15. The molecule has 0 aliphatic carbocycles. The molecule has 4 rings (SSSR count). The summed E-state index contributed by atoms with van der Waals surface area (Å²) in [4.78, 5) is 18.7. The van der Waals surface area contributed by atoms with Crippen LogP contribution in [0.25, 0.3) is 21.5 Å². The molecule has 0 aliphatic heterocycles. The van der Waals surface area contributed by atoms with Crippen LogP contribution in [0.2, 0.25) is 5.02 Å². The number of hydrogen-bond acceptors (Lipinski definition) is 6. The van der Waals surface area contributed by atoms with Crippen molar-refractivity contribution in [2.24, 2.45) is 0 Å². The summed E-state index contributed by atoms with van der Waals surface area (Å²) in [5.41, 5.74) is 9.49. The number of hydrogen-bond donors (Lipinski definition) is 2. The Hall–Kier alpha value is -3.29. The van der Waals surface area contributed by atoms with E-state index in [1.54, 1.807) is 14.2 Å². The van der Waals surface area contributed by atoms with E-state index >= 15 is 0 Å². The van der Waals surface area contributed by atoms with Crippen LogP contribution in [0.3, 0.4) is 0 Å². The molecule has 0 unspecified atom stereocenters. The molecule has 32 heavy (non-hydrogen) atoms. The van der Waals surface area contributed by atoms with Gasteiger partial charge in [0.2, 0.25) is 0 Å². The van der Waals surface area contributed by atoms with Gasteiger partial charge in [-0.3, -0.25) is 4.79 Å². The van der Waals surface area contributed by atoms with Crippen molar-refractivity contribution >= 4 is 44.7 Å². The number of benzene rings is 2. The zero-order chi connectivity index (χ0) is 22.7. The van der Waals surface area contributed by atoms with E-state index < -0.39 is 0 Å². The van der Waals surface area contributed by atoms with E-state index in [4.69, 9.17) is 31.8 Å². The van der Waals surface area contributed by atoms with Crippen molar-refractivity contribution < 1.29 is 14.3 Å². The molecular weight excluding hydrogens is 446 g/mol. The summed E-state index contributed by atoms with van der Waals surface area (Å²) in [5, 5.41) is 4.39. The highest BCUT2D eigenvalue weighted by molar-refractivity contribution is 7.21. The van der Waals surface area contributed by atoms with Crippen LogP contribution >= 0.6 is 22.9 Å². The molecule has 2 heterocycles. The predicted octanol–water partition coefficient (Wildman–Crippen LogP) is 5.19. The highest BCUT2D eigenvalue weighted by atomic mass is 35.5. The third kappa shape index (κ3) is 4.49. The van der Waals surface area contributed by atoms with Gasteiger partial charge in [-0.25, -0.2) is 4.98 Å². The van der Waals surface area contributed by atoms with E-state index in [1.165, 1.54) is 11.3 Å². The van der Waals surface area contributed by atoms with Crippen molar-refractivity contribution in [1.82, 2.24) is 10.3 Å². The average molecular weight is 468 g/mol. The minimum Gasteiger partial charge on any atom is -0.493 e. The van der Waals surface area contributed by atoms with Crippen LogP contribution in [0.4, 0.5) is 5.69 Å². The van der Waals surface area contributed by atoms with Gasteiger partial charge in [0.25, 0.3) is 5.91 Å². The van der Waals surface area contributed by atoms with Gasteiger partial charge < -0.3 is 20.5 Å². The first kappa shape index (κ1) is 21.9. The number of ether oxygens (including phenoxy) is 2. The summed E-state index contributed by atoms with van der Waals surface area (Å²) in [7, 11) is 3.19. The largest absolute Gasteiger partial charge is 0.493 e. The fraction of sp³-hybridized carbons (Fsp3) is 0.167. The molecule has 0 fully saturated rings. The van der Waals surface area contributed by atoms with Crippen LogP contribution in [0.1, 0.15) is 15.2 Å². The van der Waals surface area contributed by atoms with Gasteiger partial charge in [-0.15, -0.1) is 11.3 Å². The maximum absolute atomic E-state index is 12.8. The summed E-state index contributed by atoms with van der Waals surface area (Å²) in [6, 6.07) is 17.0. The number of nitrogens with two attached hydrogens (primary N) is 1. The molecule has 0 spiro atoms. The lowest BCUT2D eigenvalue weighted by molar-refractivity contribution is 0.0959. The number of nitrogen functional groups attached to an aromatic ring is 1. The highest BCUT2D eigenvalue weighted by Gasteiger charge is 2.17. The zero-order valence-electron chi connectivity index (χ0n) is 17.6. The fourth-order valence-corrected chi connectivity index (χ4v) is 4.52. The van der Waals surface area contributed by atoms with Crippen molar-refractivity contribution in [1.29, 1.82) is 0 Å². The van der Waals surface area contributed by atoms with Gasteiger partial charge in [-0.2, -0.15) is 0 Å². The van der Waals surface area contributed by atoms with E-state index in [0.717, 1.165) is 27.0 Å². The van der Waals surface area contributed by atoms with Gasteiger partial charge in [0.1, 0.15) is 9.71 Å². The molecule has 0 atom stereocenters. The van der Waals surface area contributed by atoms with Crippen molar-refractivity contribution in [2.45, 2.75) is 6.42 Å². The Balaban J connectivity index is 1.47. The van der Waals surface area contributed by atoms with E-state index in [0.29, 0.717) is 40.1 Å². The van der Waals surface area contributed by atoms with Crippen LogP contribution in [-0.2, 0) is 6.42 Å². The molecular formula is C24H22ClN3O3S. The van der Waals surface area contributed by atoms with E-state index in [9.17, 15) is 4.79 Å². The molecule has 0 saturated carbocycles. The SMILES string of the molecule is COc1ccc(CCNC(=O)c2sc3nc(-c4ccc(Cl)cc4)ccc3c2N)cc1OC. The van der Waals surface area contributed by atoms with Crippen LogP contribution in [0.5, 0.6) is 11.5 Å². The number of anilines is 1. The summed E-state index contributed by atoms with van der Waals surface area (Å²) >= 11 is 7.26. The predicted molar refractivity (Wildman–Crippen MR) is 130 cm³/mol. The number of carbonyl (C=O) groups is 1. The number of nitrogens with zero attached hydrogens (tertiary/aromatic N) is 1. The summed E-state index contributed by atoms with van der Waals surface area (Å²) < 4.78 is 10.6. The lowest BCUT2D eigenvalue weighted by atomic mass is 10.1. The molecule has 2 aromatic carbocycles. The minimum absolute atomic E-state index is 0.209. The number of fused-ring (bicyclic) bond motifs is 1. The van der Waals surface area contributed by atoms with Crippen molar-refractivity contribution in [3.63, 3.8) is 0 Å². The highest BCUT2D eigenvalue weighted by Crippen LogP contribution is 2.34. The molecule has 1 amide bonds. The fourth-order valence-electron chi connectivity index (χ4n) is 3.38. The van der Waals surface area contributed by atoms with Gasteiger partial charge in [0.15, 0.2) is 11.5 Å². The number of thiophene rings is 1. The lowest BCUT2D eigenvalue weighted by Gasteiger charge is -2.10. The second-order valence-electron chi connectivity index (χ2n) is 7.10. The summed E-state index contributed by atoms with van der Waals surface area (Å²) in [6.45, 7) is 0.464. The van der Waals surface area contributed by atoms with Crippen molar-refractivity contribution in [2.75, 3.05) is 26.5 Å². The quantitative estimate of drug-likeness (QED) is 0.390. The van der Waals surface area contributed by atoms with Gasteiger partial charge in [0.05, 0.1) is 25.6 Å². The Kier molecular flexibility index (Phi) is 6.48. The van der Waals surface area contributed by atoms with Gasteiger partial charge in [0, 0.05) is 22.5 Å². The Morgan fingerprint density at radius 3 is 2.53 bits per heavy atom. The standard InChI is InChI=1S/C24H22ClN3O3S/c1-30-19-10-3-14(13-20(19)31-2)11-12-27-23(29)22-21(26)17-8-9-18(28-24(17)32-22)15-4-6-16(25)7-5-15/h3-10,13H,11-12,26H2,1-2H3,(H,27,29). The van der Waals surface area contributed by atoms with Crippen LogP contribution in [0.15, 0.2) is 54.6 Å². The van der Waals surface area contributed by atoms with Crippen LogP contribution < -0.4 is 20.5 Å². The van der Waals surface area contributed by atoms with Gasteiger partial charge in [-0.05, 0) is 48.4 Å². The topological polar surface area (TPSA) is 86.5 Å². The number of pyridine rings is 1. The van der Waals surface area contributed by atoms with Crippen molar-refractivity contribution in [3.8, 4) is 22.8 Å². The lowest BCUT2D eigenvalue weighted by Crippen LogP contribution is -2.25. The molecule has 3 N–H and O–H groups in total. The Morgan fingerprint density at radius 1 is 1.06 bits per heavy atom. The zero-order valence-corrected chi connectivity index (χ0v) is 19.2. The number of nitrogens with one attached hydrogen (secondary N) is 1. The number of halogens is 1. The molecule has 0 aliphatic rings. The molecule has 164 valence electrons. The third-order valence-corrected chi connectivity index (χ3v) is 6.45. The Morgan fingerprint density at radius 2 is 1.81 bits per heavy atom. The summed E-state index contributed by atoms with van der Waals surface area (Å²) in [5.74, 6) is 1.12. The smallest absolute Gasteiger partial charge is 0.263 e. The molecule has 4 aromatic rings. The van der Waals surface area contributed by atoms with Gasteiger partial charge in [-0.1, -0.05) is 29.8 Å². The number of carbonyl (C=O) groups excluding carboxylic acids is 1. The normalized spacial score (nSPS) is 10.8. The maximum atomic E-state index is 12.8. The Labute approximate surface area is 194 Å². The second kappa shape index (κ2) is 9.46. The maximum Gasteiger partial charge on any atom is 0.263 e. The Bertz CT molecular complexity index is 1270. The summed E-state index contributed by atoms with van der Waals surface area (Å²) in [6.07, 6.45) is 0.649. The van der Waals surface area contributed by atoms with Crippen LogP contribution in [-0.4, -0.2) is 31.7 Å².